The van der Waals surface area contributed by atoms with Gasteiger partial charge >= 0.3 is 0 Å². The van der Waals surface area contributed by atoms with Gasteiger partial charge < -0.3 is 9.80 Å². The summed E-state index contributed by atoms with van der Waals surface area (Å²) in [5.74, 6) is -1.19. The molecule has 3 heterocycles. The van der Waals surface area contributed by atoms with Crippen LogP contribution in [0.1, 0.15) is 80.1 Å². The number of rotatable bonds is 9. The summed E-state index contributed by atoms with van der Waals surface area (Å²) in [6.07, 6.45) is 0. The average Bonchev–Trinajstić information content (AvgIpc) is 0.688. The molecule has 0 radical (unpaired) electrons. The highest BCUT2D eigenvalue weighted by Gasteiger charge is 2.45. The largest absolute Gasteiger partial charge is 0.311 e. The first-order chi connectivity index (χ1) is 48.7. The van der Waals surface area contributed by atoms with E-state index in [9.17, 15) is 11.0 Å². The summed E-state index contributed by atoms with van der Waals surface area (Å²) in [4.78, 5) is 18.9. The van der Waals surface area contributed by atoms with Gasteiger partial charge in [0, 0.05) is 45.0 Å². The van der Waals surface area contributed by atoms with Crippen LogP contribution in [0, 0.1) is 0 Å². The maximum absolute atomic E-state index is 9.42. The van der Waals surface area contributed by atoms with Crippen molar-refractivity contribution in [3.05, 3.63) is 278 Å². The molecule has 0 bridgehead atoms. The third kappa shape index (κ3) is 9.40. The zero-order valence-corrected chi connectivity index (χ0v) is 46.2. The van der Waals surface area contributed by atoms with Gasteiger partial charge in [0.15, 0.2) is 17.5 Å². The zero-order chi connectivity index (χ0) is 73.8. The van der Waals surface area contributed by atoms with E-state index in [1.807, 2.05) is 123 Å². The topological polar surface area (TPSA) is 45.2 Å². The van der Waals surface area contributed by atoms with Crippen LogP contribution in [0.15, 0.2) is 266 Å². The molecule has 5 nitrogen and oxygen atoms in total. The van der Waals surface area contributed by atoms with E-state index in [0.717, 1.165) is 27.8 Å². The highest BCUT2D eigenvalue weighted by Crippen LogP contribution is 2.51. The van der Waals surface area contributed by atoms with Crippen LogP contribution in [0.2, 0.25) is 0 Å². The Morgan fingerprint density at radius 2 is 0.711 bits per heavy atom. The van der Waals surface area contributed by atoms with E-state index in [1.165, 1.54) is 0 Å². The highest BCUT2D eigenvalue weighted by molar-refractivity contribution is 7.00. The maximum atomic E-state index is 9.42. The Balaban J connectivity index is 1.17. The quantitative estimate of drug-likeness (QED) is 0.135. The fraction of sp³-hybridized carbons (Fsp3) is 0.104. The fourth-order valence-electron chi connectivity index (χ4n) is 11.3. The van der Waals surface area contributed by atoms with E-state index in [1.54, 1.807) is 24.3 Å². The number of anilines is 6. The maximum Gasteiger partial charge on any atom is 0.252 e. The minimum absolute atomic E-state index is 0.0657. The number of nitrogens with zero attached hydrogens (tertiary/aromatic N) is 5. The van der Waals surface area contributed by atoms with Gasteiger partial charge in [-0.15, -0.1) is 0 Å². The van der Waals surface area contributed by atoms with Gasteiger partial charge in [-0.3, -0.25) is 0 Å². The molecule has 0 saturated heterocycles. The number of hydrogen-bond acceptors (Lipinski definition) is 5. The van der Waals surface area contributed by atoms with Crippen LogP contribution in [0.3, 0.4) is 0 Å². The summed E-state index contributed by atoms with van der Waals surface area (Å²) >= 11 is 0. The summed E-state index contributed by atoms with van der Waals surface area (Å²) < 4.78 is 180. The van der Waals surface area contributed by atoms with E-state index in [-0.39, 0.29) is 33.6 Å². The second kappa shape index (κ2) is 20.6. The molecule has 0 spiro atoms. The van der Waals surface area contributed by atoms with Crippen LogP contribution < -0.4 is 26.2 Å². The normalized spacial score (nSPS) is 16.0. The van der Waals surface area contributed by atoms with Crippen molar-refractivity contribution in [1.82, 2.24) is 15.0 Å². The Morgan fingerprint density at radius 1 is 0.313 bits per heavy atom. The van der Waals surface area contributed by atoms with Crippen LogP contribution in [-0.2, 0) is 10.8 Å². The van der Waals surface area contributed by atoms with Crippen molar-refractivity contribution in [3.63, 3.8) is 0 Å². The van der Waals surface area contributed by atoms with Gasteiger partial charge in [-0.2, -0.15) is 0 Å². The lowest BCUT2D eigenvalue weighted by Gasteiger charge is -2.46. The molecule has 12 aromatic rings. The van der Waals surface area contributed by atoms with Crippen LogP contribution in [0.4, 0.5) is 34.1 Å². The predicted octanol–water partition coefficient (Wildman–Crippen LogP) is 18.2. The van der Waals surface area contributed by atoms with Crippen LogP contribution in [0.25, 0.3) is 78.7 Å². The van der Waals surface area contributed by atoms with Crippen molar-refractivity contribution in [1.29, 1.82) is 0 Å². The molecule has 398 valence electrons. The average molecular weight is 1090 g/mol. The van der Waals surface area contributed by atoms with Gasteiger partial charge in [0.25, 0.3) is 6.71 Å². The van der Waals surface area contributed by atoms with Gasteiger partial charge in [0.2, 0.25) is 0 Å². The number of benzene rings is 11. The van der Waals surface area contributed by atoms with Crippen molar-refractivity contribution in [3.8, 4) is 78.7 Å². The highest BCUT2D eigenvalue weighted by atomic mass is 15.2. The molecule has 0 atom stereocenters. The van der Waals surface area contributed by atoms with E-state index < -0.39 is 161 Å². The molecule has 6 heteroatoms. The predicted molar refractivity (Wildman–Crippen MR) is 349 cm³/mol. The van der Waals surface area contributed by atoms with Gasteiger partial charge in [0.05, 0.1) is 38.8 Å². The minimum atomic E-state index is -0.921. The molecule has 0 fully saturated rings. The Labute approximate surface area is 516 Å². The molecule has 0 unspecified atom stereocenters. The number of aromatic nitrogens is 3. The molecular weight excluding hydrogens is 1010 g/mol. The van der Waals surface area contributed by atoms with Gasteiger partial charge in [-0.05, 0) is 126 Å². The third-order valence-corrected chi connectivity index (χ3v) is 15.4. The van der Waals surface area contributed by atoms with E-state index >= 15 is 0 Å². The number of fused-ring (bicyclic) bond motifs is 4. The molecule has 2 aliphatic rings. The molecule has 83 heavy (non-hydrogen) atoms. The fourth-order valence-corrected chi connectivity index (χ4v) is 11.3. The van der Waals surface area contributed by atoms with E-state index in [2.05, 4.69) is 54.9 Å². The molecule has 0 saturated carbocycles. The zero-order valence-electron chi connectivity index (χ0n) is 66.2. The van der Waals surface area contributed by atoms with Crippen LogP contribution in [0.5, 0.6) is 0 Å². The van der Waals surface area contributed by atoms with Crippen LogP contribution >= 0.6 is 0 Å². The molecule has 0 N–H and O–H groups in total. The molecule has 14 rings (SSSR count). The second-order valence-corrected chi connectivity index (χ2v) is 22.6. The Morgan fingerprint density at radius 3 is 1.18 bits per heavy atom. The molecule has 0 aliphatic carbocycles. The van der Waals surface area contributed by atoms with Crippen molar-refractivity contribution in [2.75, 3.05) is 9.80 Å². The number of hydrogen-bond donors (Lipinski definition) is 0. The lowest BCUT2D eigenvalue weighted by Crippen LogP contribution is -2.61. The standard InChI is InChI=1S/C77H62BN5/c1-76(2,3)60-40-44-67(63(48-60)75-80-73(55-33-21-11-22-34-55)79-74(81-75)56-35-23-12-24-36-56)83-69-43-39-59(53-29-17-9-18-30-53)47-65(69)78-64-46-58(52-27-15-8-16-28-52)38-42-68(64)82(70-49-61(77(4,5)6)50-71(83)72(70)78)66-41-37-57(51-25-13-7-14-26-51)45-62(66)54-31-19-10-20-32-54/h7-50H,1-6H3/i8D,9D,11D,12D,15D,16D,17D,18D,21D,22D,23D,24D,27D,28D,29D,30D,33D,34D,35D,36D. The molecule has 2 aliphatic heterocycles. The van der Waals surface area contributed by atoms with Crippen molar-refractivity contribution in [2.45, 2.75) is 52.4 Å². The SMILES string of the molecule is [2H]c1c([2H])c([2H])c(-c2ccc3c(c2)B2c4cc(-c5c([2H])c([2H])c([2H])c([2H])c5[2H])ccc4N(c4ccc(C(C)(C)C)cc4-c4nc(-c5c([2H])c([2H])c([2H])c([2H])c5[2H])nc(-c5c([2H])c([2H])c([2H])c([2H])c5[2H])n4)c4cc(C(C)(C)C)cc(c42)N3c2ccc(-c3ccccc3)cc2-c2ccccc2)c([2H])c1[2H]. The van der Waals surface area contributed by atoms with Crippen molar-refractivity contribution >= 4 is 57.2 Å². The third-order valence-electron chi connectivity index (χ3n) is 15.4. The van der Waals surface area contributed by atoms with Crippen molar-refractivity contribution in [2.24, 2.45) is 0 Å². The van der Waals surface area contributed by atoms with Crippen molar-refractivity contribution < 1.29 is 27.4 Å². The lowest BCUT2D eigenvalue weighted by molar-refractivity contribution is 0.590. The van der Waals surface area contributed by atoms with Crippen LogP contribution in [-0.4, -0.2) is 21.7 Å². The Kier molecular flexibility index (Phi) is 8.37. The minimum Gasteiger partial charge on any atom is -0.311 e. The van der Waals surface area contributed by atoms with E-state index in [4.69, 9.17) is 26.4 Å². The summed E-state index contributed by atoms with van der Waals surface area (Å²) in [5.41, 5.74) is 8.42. The Hall–Kier alpha value is -9.91. The lowest BCUT2D eigenvalue weighted by atomic mass is 9.33. The molecule has 1 aromatic heterocycles. The first kappa shape index (κ1) is 33.8. The first-order valence-electron chi connectivity index (χ1n) is 37.2. The Bertz CT molecular complexity index is 5440. The molecular formula is C77H62BN5. The van der Waals surface area contributed by atoms with Gasteiger partial charge in [-0.25, -0.2) is 15.0 Å². The smallest absolute Gasteiger partial charge is 0.252 e. The molecule has 11 aromatic carbocycles. The summed E-state index contributed by atoms with van der Waals surface area (Å²) in [5, 5.41) is 0. The van der Waals surface area contributed by atoms with E-state index in [0.29, 0.717) is 56.1 Å². The second-order valence-electron chi connectivity index (χ2n) is 22.6. The van der Waals surface area contributed by atoms with Gasteiger partial charge in [-0.1, -0.05) is 259 Å². The molecule has 0 amide bonds. The summed E-state index contributed by atoms with van der Waals surface area (Å²) in [6.45, 7) is 11.3. The summed E-state index contributed by atoms with van der Waals surface area (Å²) in [7, 11) is 0. The first-order valence-corrected chi connectivity index (χ1v) is 27.2. The van der Waals surface area contributed by atoms with Gasteiger partial charge in [0.1, 0.15) is 0 Å². The summed E-state index contributed by atoms with van der Waals surface area (Å²) in [6, 6.07) is 34.3. The monoisotopic (exact) mass is 1090 g/mol.